The lowest BCUT2D eigenvalue weighted by atomic mass is 9.82. The first-order valence-electron chi connectivity index (χ1n) is 8.06. The number of nitrogens with zero attached hydrogens (tertiary/aromatic N) is 1. The van der Waals surface area contributed by atoms with E-state index in [0.717, 1.165) is 16.8 Å². The molecule has 3 N–H and O–H groups in total. The van der Waals surface area contributed by atoms with E-state index in [2.05, 4.69) is 46.7 Å². The second-order valence-electron chi connectivity index (χ2n) is 6.03. The fourth-order valence-corrected chi connectivity index (χ4v) is 2.73. The molecular formula is C18H25N3O2. The summed E-state index contributed by atoms with van der Waals surface area (Å²) in [5.74, 6) is -0.735. The van der Waals surface area contributed by atoms with Crippen molar-refractivity contribution in [2.24, 2.45) is 5.41 Å². The smallest absolute Gasteiger partial charge is 0.310 e. The molecule has 0 aliphatic heterocycles. The van der Waals surface area contributed by atoms with Crippen molar-refractivity contribution < 1.29 is 9.90 Å². The van der Waals surface area contributed by atoms with E-state index < -0.39 is 11.4 Å². The number of aryl methyl sites for hydroxylation is 1. The predicted octanol–water partition coefficient (Wildman–Crippen LogP) is 3.37. The Kier molecular flexibility index (Phi) is 5.55. The van der Waals surface area contributed by atoms with Crippen molar-refractivity contribution in [2.45, 2.75) is 40.2 Å². The molecule has 0 radical (unpaired) electrons. The molecule has 5 nitrogen and oxygen atoms in total. The molecule has 1 aromatic carbocycles. The summed E-state index contributed by atoms with van der Waals surface area (Å²) in [6.45, 7) is 6.95. The van der Waals surface area contributed by atoms with Crippen molar-refractivity contribution in [3.63, 3.8) is 0 Å². The Morgan fingerprint density at radius 1 is 1.26 bits per heavy atom. The van der Waals surface area contributed by atoms with Crippen LogP contribution in [0.3, 0.4) is 0 Å². The number of hydrogen-bond donors (Lipinski definition) is 3. The molecule has 0 aliphatic carbocycles. The number of rotatable bonds is 8. The van der Waals surface area contributed by atoms with Crippen LogP contribution in [-0.4, -0.2) is 27.8 Å². The zero-order chi connectivity index (χ0) is 16.9. The summed E-state index contributed by atoms with van der Waals surface area (Å²) in [6.07, 6.45) is 3.02. The number of carbonyl (C=O) groups is 1. The minimum atomic E-state index is -0.735. The average molecular weight is 315 g/mol. The molecule has 2 aromatic rings. The molecule has 0 spiro atoms. The van der Waals surface area contributed by atoms with Gasteiger partial charge in [-0.05, 0) is 25.3 Å². The van der Waals surface area contributed by atoms with Crippen LogP contribution in [0, 0.1) is 12.3 Å². The van der Waals surface area contributed by atoms with Crippen molar-refractivity contribution in [3.8, 4) is 11.3 Å². The van der Waals surface area contributed by atoms with Crippen LogP contribution in [0.25, 0.3) is 11.3 Å². The molecule has 0 bridgehead atoms. The minimum Gasteiger partial charge on any atom is -0.481 e. The first-order valence-corrected chi connectivity index (χ1v) is 8.06. The van der Waals surface area contributed by atoms with E-state index in [1.165, 1.54) is 5.56 Å². The van der Waals surface area contributed by atoms with Crippen LogP contribution in [0.15, 0.2) is 30.5 Å². The molecule has 5 heteroatoms. The third-order valence-electron chi connectivity index (χ3n) is 4.64. The summed E-state index contributed by atoms with van der Waals surface area (Å²) in [4.78, 5) is 11.5. The van der Waals surface area contributed by atoms with E-state index in [1.807, 2.05) is 13.8 Å². The Balaban J connectivity index is 2.06. The van der Waals surface area contributed by atoms with Crippen molar-refractivity contribution in [1.82, 2.24) is 15.5 Å². The first kappa shape index (κ1) is 17.2. The maximum Gasteiger partial charge on any atom is 0.310 e. The number of aromatic amines is 1. The number of hydrogen-bond acceptors (Lipinski definition) is 3. The van der Waals surface area contributed by atoms with Crippen LogP contribution in [0.4, 0.5) is 0 Å². The Bertz CT molecular complexity index is 643. The second kappa shape index (κ2) is 7.42. The highest BCUT2D eigenvalue weighted by Gasteiger charge is 2.34. The SMILES string of the molecule is CCC(CC)(CNCc1cn[nH]c1-c1ccc(C)cc1)C(=O)O. The normalized spacial score (nSPS) is 11.6. The molecule has 0 saturated heterocycles. The molecule has 0 aliphatic rings. The van der Waals surface area contributed by atoms with Gasteiger partial charge in [-0.15, -0.1) is 0 Å². The van der Waals surface area contributed by atoms with Gasteiger partial charge in [0.25, 0.3) is 0 Å². The molecular weight excluding hydrogens is 290 g/mol. The summed E-state index contributed by atoms with van der Waals surface area (Å²) in [5, 5.41) is 19.9. The molecule has 0 fully saturated rings. The van der Waals surface area contributed by atoms with Gasteiger partial charge in [-0.1, -0.05) is 43.7 Å². The van der Waals surface area contributed by atoms with Crippen LogP contribution in [0.2, 0.25) is 0 Å². The van der Waals surface area contributed by atoms with Crippen LogP contribution in [0.5, 0.6) is 0 Å². The van der Waals surface area contributed by atoms with E-state index >= 15 is 0 Å². The fraction of sp³-hybridized carbons (Fsp3) is 0.444. The van der Waals surface area contributed by atoms with Gasteiger partial charge in [0, 0.05) is 18.7 Å². The molecule has 23 heavy (non-hydrogen) atoms. The highest BCUT2D eigenvalue weighted by molar-refractivity contribution is 5.74. The average Bonchev–Trinajstić information content (AvgIpc) is 3.01. The van der Waals surface area contributed by atoms with E-state index in [4.69, 9.17) is 0 Å². The van der Waals surface area contributed by atoms with Gasteiger partial charge in [0.2, 0.25) is 0 Å². The first-order chi connectivity index (χ1) is 11.0. The fourth-order valence-electron chi connectivity index (χ4n) is 2.73. The minimum absolute atomic E-state index is 0.452. The number of benzene rings is 1. The molecule has 1 heterocycles. The molecule has 0 saturated carbocycles. The molecule has 2 rings (SSSR count). The van der Waals surface area contributed by atoms with E-state index in [9.17, 15) is 9.90 Å². The maximum absolute atomic E-state index is 11.5. The second-order valence-corrected chi connectivity index (χ2v) is 6.03. The summed E-state index contributed by atoms with van der Waals surface area (Å²) in [5.41, 5.74) is 3.62. The Labute approximate surface area is 137 Å². The number of carboxylic acid groups (broad SMARTS) is 1. The van der Waals surface area contributed by atoms with E-state index in [1.54, 1.807) is 6.20 Å². The van der Waals surface area contributed by atoms with Gasteiger partial charge in [-0.2, -0.15) is 5.10 Å². The lowest BCUT2D eigenvalue weighted by molar-refractivity contribution is -0.149. The highest BCUT2D eigenvalue weighted by Crippen LogP contribution is 2.26. The van der Waals surface area contributed by atoms with Crippen molar-refractivity contribution in [2.75, 3.05) is 6.54 Å². The number of nitrogens with one attached hydrogen (secondary N) is 2. The van der Waals surface area contributed by atoms with Crippen molar-refractivity contribution in [1.29, 1.82) is 0 Å². The van der Waals surface area contributed by atoms with Gasteiger partial charge < -0.3 is 10.4 Å². The molecule has 0 atom stereocenters. The van der Waals surface area contributed by atoms with Gasteiger partial charge >= 0.3 is 5.97 Å². The summed E-state index contributed by atoms with van der Waals surface area (Å²) in [6, 6.07) is 8.26. The highest BCUT2D eigenvalue weighted by atomic mass is 16.4. The van der Waals surface area contributed by atoms with Crippen LogP contribution < -0.4 is 5.32 Å². The molecule has 0 amide bonds. The third-order valence-corrected chi connectivity index (χ3v) is 4.64. The summed E-state index contributed by atoms with van der Waals surface area (Å²) < 4.78 is 0. The molecule has 1 aromatic heterocycles. The van der Waals surface area contributed by atoms with Crippen molar-refractivity contribution >= 4 is 5.97 Å². The number of carboxylic acids is 1. The number of aliphatic carboxylic acids is 1. The third kappa shape index (κ3) is 3.79. The molecule has 0 unspecified atom stereocenters. The largest absolute Gasteiger partial charge is 0.481 e. The van der Waals surface area contributed by atoms with Crippen LogP contribution in [-0.2, 0) is 11.3 Å². The van der Waals surface area contributed by atoms with E-state index in [0.29, 0.717) is 25.9 Å². The Morgan fingerprint density at radius 3 is 2.48 bits per heavy atom. The monoisotopic (exact) mass is 315 g/mol. The summed E-state index contributed by atoms with van der Waals surface area (Å²) in [7, 11) is 0. The Morgan fingerprint density at radius 2 is 1.91 bits per heavy atom. The van der Waals surface area contributed by atoms with Crippen LogP contribution >= 0.6 is 0 Å². The molecule has 124 valence electrons. The topological polar surface area (TPSA) is 78.0 Å². The maximum atomic E-state index is 11.5. The van der Waals surface area contributed by atoms with Gasteiger partial charge in [0.05, 0.1) is 17.3 Å². The lowest BCUT2D eigenvalue weighted by Gasteiger charge is -2.27. The van der Waals surface area contributed by atoms with Crippen LogP contribution in [0.1, 0.15) is 37.8 Å². The standard InChI is InChI=1S/C18H25N3O2/c1-4-18(5-2,17(22)23)12-19-10-15-11-20-21-16(15)14-8-6-13(3)7-9-14/h6-9,11,19H,4-5,10,12H2,1-3H3,(H,20,21)(H,22,23). The van der Waals surface area contributed by atoms with Gasteiger partial charge in [-0.25, -0.2) is 0 Å². The zero-order valence-electron chi connectivity index (χ0n) is 14.0. The van der Waals surface area contributed by atoms with Gasteiger partial charge in [-0.3, -0.25) is 9.89 Å². The number of H-pyrrole nitrogens is 1. The van der Waals surface area contributed by atoms with Gasteiger partial charge in [0.15, 0.2) is 0 Å². The number of aromatic nitrogens is 2. The Hall–Kier alpha value is -2.14. The summed E-state index contributed by atoms with van der Waals surface area (Å²) >= 11 is 0. The van der Waals surface area contributed by atoms with E-state index in [-0.39, 0.29) is 0 Å². The predicted molar refractivity (Wildman–Crippen MR) is 91.1 cm³/mol. The lowest BCUT2D eigenvalue weighted by Crippen LogP contribution is -2.40. The zero-order valence-corrected chi connectivity index (χ0v) is 14.0. The van der Waals surface area contributed by atoms with Gasteiger partial charge in [0.1, 0.15) is 0 Å². The van der Waals surface area contributed by atoms with Crippen molar-refractivity contribution in [3.05, 3.63) is 41.6 Å². The quantitative estimate of drug-likeness (QED) is 0.698.